The molecule has 0 spiro atoms. The molecule has 3 nitrogen and oxygen atoms in total. The summed E-state index contributed by atoms with van der Waals surface area (Å²) >= 11 is 6.06. The van der Waals surface area contributed by atoms with E-state index in [0.717, 1.165) is 51.0 Å². The highest BCUT2D eigenvalue weighted by atomic mass is 35.5. The molecule has 21 heavy (non-hydrogen) atoms. The van der Waals surface area contributed by atoms with E-state index in [0.29, 0.717) is 11.9 Å². The van der Waals surface area contributed by atoms with Crippen LogP contribution in [-0.4, -0.2) is 30.2 Å². The maximum atomic E-state index is 12.7. The van der Waals surface area contributed by atoms with Gasteiger partial charge in [-0.2, -0.15) is 13.2 Å². The zero-order valence-corrected chi connectivity index (χ0v) is 12.2. The molecule has 0 radical (unpaired) electrons. The second-order valence-electron chi connectivity index (χ2n) is 5.63. The fourth-order valence-electron chi connectivity index (χ4n) is 3.31. The maximum Gasteiger partial charge on any atom is 0.417 e. The van der Waals surface area contributed by atoms with E-state index in [1.54, 1.807) is 0 Å². The quantitative estimate of drug-likeness (QED) is 0.904. The van der Waals surface area contributed by atoms with E-state index in [9.17, 15) is 13.2 Å². The highest BCUT2D eigenvalue weighted by molar-refractivity contribution is 6.33. The van der Waals surface area contributed by atoms with Gasteiger partial charge in [-0.05, 0) is 38.3 Å². The Kier molecular flexibility index (Phi) is 4.01. The number of nitrogens with one attached hydrogen (secondary N) is 1. The van der Waals surface area contributed by atoms with Crippen molar-refractivity contribution in [2.24, 2.45) is 0 Å². The molecule has 2 aliphatic heterocycles. The predicted molar refractivity (Wildman–Crippen MR) is 75.6 cm³/mol. The molecule has 3 heterocycles. The zero-order valence-electron chi connectivity index (χ0n) is 11.5. The topological polar surface area (TPSA) is 28.2 Å². The number of rotatable bonds is 2. The van der Waals surface area contributed by atoms with Crippen molar-refractivity contribution in [1.29, 1.82) is 0 Å². The SMILES string of the molecule is FC(F)(F)c1cnc(N2CCCC2C2CCCN2)c(Cl)c1. The third-order valence-corrected chi connectivity index (χ3v) is 4.56. The summed E-state index contributed by atoms with van der Waals surface area (Å²) in [6, 6.07) is 1.63. The average Bonchev–Trinajstić information content (AvgIpc) is 3.08. The third-order valence-electron chi connectivity index (χ3n) is 4.28. The van der Waals surface area contributed by atoms with Gasteiger partial charge in [-0.1, -0.05) is 11.6 Å². The molecular weight excluding hydrogens is 303 g/mol. The maximum absolute atomic E-state index is 12.7. The average molecular weight is 320 g/mol. The number of pyridine rings is 1. The second kappa shape index (κ2) is 5.65. The minimum atomic E-state index is -4.41. The first-order chi connectivity index (χ1) is 9.97. The Bertz CT molecular complexity index is 515. The number of nitrogens with zero attached hydrogens (tertiary/aromatic N) is 2. The van der Waals surface area contributed by atoms with Crippen molar-refractivity contribution < 1.29 is 13.2 Å². The molecule has 0 amide bonds. The smallest absolute Gasteiger partial charge is 0.351 e. The summed E-state index contributed by atoms with van der Waals surface area (Å²) in [6.07, 6.45) is 0.742. The molecule has 3 rings (SSSR count). The van der Waals surface area contributed by atoms with Gasteiger partial charge in [0, 0.05) is 24.8 Å². The standard InChI is InChI=1S/C14H17ClF3N3/c15-10-7-9(14(16,17)18)8-20-13(10)21-6-2-4-12(21)11-3-1-5-19-11/h7-8,11-12,19H,1-6H2. The molecule has 2 aliphatic rings. The molecule has 0 aliphatic carbocycles. The first-order valence-corrected chi connectivity index (χ1v) is 7.57. The van der Waals surface area contributed by atoms with Gasteiger partial charge in [0.2, 0.25) is 0 Å². The summed E-state index contributed by atoms with van der Waals surface area (Å²) in [5, 5.41) is 3.54. The Labute approximate surface area is 126 Å². The van der Waals surface area contributed by atoms with Crippen LogP contribution in [0, 0.1) is 0 Å². The van der Waals surface area contributed by atoms with Gasteiger partial charge in [0.1, 0.15) is 5.82 Å². The molecule has 116 valence electrons. The highest BCUT2D eigenvalue weighted by Gasteiger charge is 2.36. The molecule has 0 saturated carbocycles. The molecule has 0 aromatic carbocycles. The van der Waals surface area contributed by atoms with Gasteiger partial charge >= 0.3 is 6.18 Å². The molecular formula is C14H17ClF3N3. The summed E-state index contributed by atoms with van der Waals surface area (Å²) in [4.78, 5) is 6.06. The summed E-state index contributed by atoms with van der Waals surface area (Å²) < 4.78 is 38.0. The normalized spacial score (nSPS) is 26.6. The van der Waals surface area contributed by atoms with Crippen molar-refractivity contribution in [2.75, 3.05) is 18.0 Å². The van der Waals surface area contributed by atoms with Gasteiger partial charge in [-0.3, -0.25) is 0 Å². The highest BCUT2D eigenvalue weighted by Crippen LogP contribution is 2.36. The van der Waals surface area contributed by atoms with Gasteiger partial charge in [-0.15, -0.1) is 0 Å². The summed E-state index contributed by atoms with van der Waals surface area (Å²) in [6.45, 7) is 1.80. The van der Waals surface area contributed by atoms with Crippen LogP contribution in [0.5, 0.6) is 0 Å². The van der Waals surface area contributed by atoms with Crippen molar-refractivity contribution in [3.05, 3.63) is 22.8 Å². The Morgan fingerprint density at radius 1 is 1.29 bits per heavy atom. The molecule has 2 atom stereocenters. The Morgan fingerprint density at radius 2 is 2.10 bits per heavy atom. The summed E-state index contributed by atoms with van der Waals surface area (Å²) in [7, 11) is 0. The predicted octanol–water partition coefficient (Wildman–Crippen LogP) is 3.47. The second-order valence-corrected chi connectivity index (χ2v) is 6.04. The first kappa shape index (κ1) is 14.9. The van der Waals surface area contributed by atoms with Crippen LogP contribution in [0.4, 0.5) is 19.0 Å². The summed E-state index contributed by atoms with van der Waals surface area (Å²) in [5.74, 6) is 0.473. The summed E-state index contributed by atoms with van der Waals surface area (Å²) in [5.41, 5.74) is -0.800. The van der Waals surface area contributed by atoms with Crippen LogP contribution in [0.15, 0.2) is 12.3 Å². The Morgan fingerprint density at radius 3 is 2.71 bits per heavy atom. The van der Waals surface area contributed by atoms with E-state index < -0.39 is 11.7 Å². The zero-order chi connectivity index (χ0) is 15.0. The van der Waals surface area contributed by atoms with E-state index in [1.165, 1.54) is 0 Å². The van der Waals surface area contributed by atoms with Crippen LogP contribution in [0.3, 0.4) is 0 Å². The number of halogens is 4. The number of hydrogen-bond donors (Lipinski definition) is 1. The Balaban J connectivity index is 1.85. The number of alkyl halides is 3. The van der Waals surface area contributed by atoms with Crippen LogP contribution in [0.25, 0.3) is 0 Å². The van der Waals surface area contributed by atoms with Crippen molar-refractivity contribution in [3.63, 3.8) is 0 Å². The van der Waals surface area contributed by atoms with E-state index in [4.69, 9.17) is 11.6 Å². The van der Waals surface area contributed by atoms with Gasteiger partial charge in [0.15, 0.2) is 0 Å². The lowest BCUT2D eigenvalue weighted by Crippen LogP contribution is -2.44. The molecule has 7 heteroatoms. The largest absolute Gasteiger partial charge is 0.417 e. The van der Waals surface area contributed by atoms with Crippen LogP contribution in [-0.2, 0) is 6.18 Å². The fourth-order valence-corrected chi connectivity index (χ4v) is 3.59. The lowest BCUT2D eigenvalue weighted by Gasteiger charge is -2.31. The van der Waals surface area contributed by atoms with Gasteiger partial charge in [0.25, 0.3) is 0 Å². The molecule has 2 fully saturated rings. The molecule has 1 aromatic rings. The lowest BCUT2D eigenvalue weighted by atomic mass is 10.0. The van der Waals surface area contributed by atoms with Crippen molar-refractivity contribution >= 4 is 17.4 Å². The van der Waals surface area contributed by atoms with Crippen molar-refractivity contribution in [1.82, 2.24) is 10.3 Å². The van der Waals surface area contributed by atoms with Crippen LogP contribution in [0.1, 0.15) is 31.2 Å². The number of hydrogen-bond acceptors (Lipinski definition) is 3. The minimum Gasteiger partial charge on any atom is -0.351 e. The van der Waals surface area contributed by atoms with Crippen LogP contribution in [0.2, 0.25) is 5.02 Å². The van der Waals surface area contributed by atoms with Crippen LogP contribution < -0.4 is 10.2 Å². The van der Waals surface area contributed by atoms with Gasteiger partial charge in [-0.25, -0.2) is 4.98 Å². The molecule has 0 bridgehead atoms. The van der Waals surface area contributed by atoms with E-state index >= 15 is 0 Å². The molecule has 1 aromatic heterocycles. The molecule has 2 unspecified atom stereocenters. The fraction of sp³-hybridized carbons (Fsp3) is 0.643. The van der Waals surface area contributed by atoms with Crippen molar-refractivity contribution in [3.8, 4) is 0 Å². The first-order valence-electron chi connectivity index (χ1n) is 7.19. The van der Waals surface area contributed by atoms with Crippen LogP contribution >= 0.6 is 11.6 Å². The molecule has 2 saturated heterocycles. The Hall–Kier alpha value is -1.01. The minimum absolute atomic E-state index is 0.0784. The number of aromatic nitrogens is 1. The van der Waals surface area contributed by atoms with E-state index in [-0.39, 0.29) is 11.1 Å². The number of anilines is 1. The third kappa shape index (κ3) is 2.97. The van der Waals surface area contributed by atoms with Gasteiger partial charge in [0.05, 0.1) is 10.6 Å². The monoisotopic (exact) mass is 319 g/mol. The molecule has 1 N–H and O–H groups in total. The lowest BCUT2D eigenvalue weighted by molar-refractivity contribution is -0.137. The van der Waals surface area contributed by atoms with Gasteiger partial charge < -0.3 is 10.2 Å². The van der Waals surface area contributed by atoms with E-state index in [2.05, 4.69) is 15.2 Å². The van der Waals surface area contributed by atoms with Crippen molar-refractivity contribution in [2.45, 2.75) is 43.9 Å². The van der Waals surface area contributed by atoms with E-state index in [1.807, 2.05) is 0 Å².